The minimum Gasteiger partial charge on any atom is -0.309 e. The summed E-state index contributed by atoms with van der Waals surface area (Å²) in [4.78, 5) is 0. The Bertz CT molecular complexity index is 4260. The average Bonchev–Trinajstić information content (AvgIpc) is 4.12. The molecule has 15 rings (SSSR count). The molecular weight excluding hydrogens is 883 g/mol. The van der Waals surface area contributed by atoms with Gasteiger partial charge in [-0.15, -0.1) is 0 Å². The summed E-state index contributed by atoms with van der Waals surface area (Å²) in [5.74, 6) is 0. The zero-order valence-corrected chi connectivity index (χ0v) is 39.8. The number of nitrogens with zero attached hydrogens (tertiary/aromatic N) is 3. The van der Waals surface area contributed by atoms with Crippen LogP contribution in [0.1, 0.15) is 0 Å². The molecule has 0 saturated carbocycles. The van der Waals surface area contributed by atoms with E-state index in [0.29, 0.717) is 0 Å². The van der Waals surface area contributed by atoms with E-state index in [1.54, 1.807) is 0 Å². The third-order valence-electron chi connectivity index (χ3n) is 15.3. The van der Waals surface area contributed by atoms with Gasteiger partial charge in [0.15, 0.2) is 0 Å². The van der Waals surface area contributed by atoms with Crippen molar-refractivity contribution in [3.05, 3.63) is 273 Å². The molecule has 15 aromatic rings. The molecule has 0 N–H and O–H groups in total. The number of fused-ring (bicyclic) bond motifs is 10. The fraction of sp³-hybridized carbons (Fsp3) is 0. The van der Waals surface area contributed by atoms with E-state index in [2.05, 4.69) is 287 Å². The third kappa shape index (κ3) is 6.67. The summed E-state index contributed by atoms with van der Waals surface area (Å²) < 4.78 is 7.18. The van der Waals surface area contributed by atoms with Gasteiger partial charge in [0.2, 0.25) is 0 Å². The van der Waals surface area contributed by atoms with Gasteiger partial charge >= 0.3 is 0 Å². The highest BCUT2D eigenvalue weighted by Gasteiger charge is 2.17. The van der Waals surface area contributed by atoms with Crippen LogP contribution in [-0.4, -0.2) is 13.7 Å². The topological polar surface area (TPSA) is 14.8 Å². The Morgan fingerprint density at radius 3 is 0.836 bits per heavy atom. The highest BCUT2D eigenvalue weighted by Crippen LogP contribution is 2.40. The summed E-state index contributed by atoms with van der Waals surface area (Å²) in [7, 11) is 0. The van der Waals surface area contributed by atoms with E-state index < -0.39 is 0 Å². The number of rotatable bonds is 7. The van der Waals surface area contributed by atoms with E-state index in [1.807, 2.05) is 0 Å². The van der Waals surface area contributed by atoms with Crippen LogP contribution in [0, 0.1) is 0 Å². The summed E-state index contributed by atoms with van der Waals surface area (Å²) in [5, 5.41) is 10.0. The average molecular weight is 928 g/mol. The van der Waals surface area contributed by atoms with Gasteiger partial charge in [-0.2, -0.15) is 0 Å². The lowest BCUT2D eigenvalue weighted by Gasteiger charge is -2.11. The van der Waals surface area contributed by atoms with Crippen molar-refractivity contribution < 1.29 is 0 Å². The molecule has 0 spiro atoms. The second-order valence-corrected chi connectivity index (χ2v) is 19.3. The quantitative estimate of drug-likeness (QED) is 0.151. The van der Waals surface area contributed by atoms with E-state index >= 15 is 0 Å². The number of aromatic nitrogens is 3. The molecule has 73 heavy (non-hydrogen) atoms. The minimum absolute atomic E-state index is 1.15. The lowest BCUT2D eigenvalue weighted by molar-refractivity contribution is 1.18. The van der Waals surface area contributed by atoms with Crippen molar-refractivity contribution in [3.8, 4) is 61.6 Å². The van der Waals surface area contributed by atoms with Crippen molar-refractivity contribution in [1.29, 1.82) is 0 Å². The first-order chi connectivity index (χ1) is 36.2. The van der Waals surface area contributed by atoms with Crippen LogP contribution >= 0.6 is 0 Å². The predicted molar refractivity (Wildman–Crippen MR) is 309 cm³/mol. The first-order valence-electron chi connectivity index (χ1n) is 25.1. The molecule has 0 aliphatic heterocycles. The molecule has 0 atom stereocenters. The Labute approximate surface area is 422 Å². The zero-order valence-electron chi connectivity index (χ0n) is 39.8. The van der Waals surface area contributed by atoms with Crippen LogP contribution in [0.3, 0.4) is 0 Å². The normalized spacial score (nSPS) is 11.8. The van der Waals surface area contributed by atoms with Crippen LogP contribution in [0.2, 0.25) is 0 Å². The van der Waals surface area contributed by atoms with Gasteiger partial charge in [-0.3, -0.25) is 0 Å². The van der Waals surface area contributed by atoms with E-state index in [4.69, 9.17) is 0 Å². The third-order valence-corrected chi connectivity index (χ3v) is 15.3. The fourth-order valence-electron chi connectivity index (χ4n) is 11.7. The monoisotopic (exact) mass is 927 g/mol. The van der Waals surface area contributed by atoms with Gasteiger partial charge < -0.3 is 13.7 Å². The molecule has 0 aliphatic rings. The van der Waals surface area contributed by atoms with Gasteiger partial charge in [0.05, 0.1) is 33.1 Å². The van der Waals surface area contributed by atoms with E-state index in [9.17, 15) is 0 Å². The Hall–Kier alpha value is -9.70. The summed E-state index contributed by atoms with van der Waals surface area (Å²) in [5.41, 5.74) is 20.3. The molecule has 0 radical (unpaired) electrons. The van der Waals surface area contributed by atoms with Crippen LogP contribution in [0.5, 0.6) is 0 Å². The maximum Gasteiger partial charge on any atom is 0.0541 e. The van der Waals surface area contributed by atoms with Crippen molar-refractivity contribution >= 4 is 76.2 Å². The fourth-order valence-corrected chi connectivity index (χ4v) is 11.7. The second kappa shape index (κ2) is 16.4. The first-order valence-corrected chi connectivity index (χ1v) is 25.1. The maximum atomic E-state index is 2.43. The maximum absolute atomic E-state index is 2.43. The van der Waals surface area contributed by atoms with E-state index in [-0.39, 0.29) is 0 Å². The molecule has 0 unspecified atom stereocenters. The molecule has 3 heteroatoms. The van der Waals surface area contributed by atoms with Crippen LogP contribution in [0.15, 0.2) is 273 Å². The number of hydrogen-bond donors (Lipinski definition) is 0. The molecule has 0 amide bonds. The van der Waals surface area contributed by atoms with Crippen molar-refractivity contribution in [3.63, 3.8) is 0 Å². The largest absolute Gasteiger partial charge is 0.309 e. The van der Waals surface area contributed by atoms with Gasteiger partial charge in [0.25, 0.3) is 0 Å². The summed E-state index contributed by atoms with van der Waals surface area (Å²) in [6.45, 7) is 0. The minimum atomic E-state index is 1.15. The first kappa shape index (κ1) is 41.1. The lowest BCUT2D eigenvalue weighted by Crippen LogP contribution is -1.94. The van der Waals surface area contributed by atoms with Crippen molar-refractivity contribution in [2.75, 3.05) is 0 Å². The van der Waals surface area contributed by atoms with Gasteiger partial charge in [0, 0.05) is 49.4 Å². The smallest absolute Gasteiger partial charge is 0.0541 e. The molecule has 3 nitrogen and oxygen atoms in total. The number of hydrogen-bond acceptors (Lipinski definition) is 0. The van der Waals surface area contributed by atoms with Gasteiger partial charge in [-0.1, -0.05) is 188 Å². The molecule has 0 aliphatic carbocycles. The summed E-state index contributed by atoms with van der Waals surface area (Å²) >= 11 is 0. The van der Waals surface area contributed by atoms with Crippen LogP contribution in [0.25, 0.3) is 138 Å². The Morgan fingerprint density at radius 2 is 0.438 bits per heavy atom. The van der Waals surface area contributed by atoms with Gasteiger partial charge in [0.1, 0.15) is 0 Å². The zero-order chi connectivity index (χ0) is 48.0. The van der Waals surface area contributed by atoms with Crippen LogP contribution in [0.4, 0.5) is 0 Å². The predicted octanol–water partition coefficient (Wildman–Crippen LogP) is 18.8. The molecule has 0 saturated heterocycles. The van der Waals surface area contributed by atoms with Crippen molar-refractivity contribution in [1.82, 2.24) is 13.7 Å². The van der Waals surface area contributed by atoms with Gasteiger partial charge in [-0.05, 0) is 140 Å². The van der Waals surface area contributed by atoms with E-state index in [1.165, 1.54) is 121 Å². The summed E-state index contributed by atoms with van der Waals surface area (Å²) in [6, 6.07) is 100. The van der Waals surface area contributed by atoms with Crippen molar-refractivity contribution in [2.45, 2.75) is 0 Å². The SMILES string of the molecule is c1ccc2cc(-n3c4ccc(-c5ccc(-c6ccc(-n7c8ccccc8c8ccccc87)cc6)cc5)cc4c4cc(-c5ccc(-c6ccc(-n7c8ccccc8c8ccccc87)cc6)cc5)ccc43)ccc2c1. The molecule has 0 fully saturated rings. The Kier molecular flexibility index (Phi) is 9.26. The van der Waals surface area contributed by atoms with Crippen molar-refractivity contribution in [2.24, 2.45) is 0 Å². The molecule has 12 aromatic carbocycles. The lowest BCUT2D eigenvalue weighted by atomic mass is 9.97. The van der Waals surface area contributed by atoms with Crippen LogP contribution in [-0.2, 0) is 0 Å². The molecule has 3 heterocycles. The van der Waals surface area contributed by atoms with E-state index in [0.717, 1.165) is 17.1 Å². The highest BCUT2D eigenvalue weighted by atomic mass is 15.0. The Morgan fingerprint density at radius 1 is 0.164 bits per heavy atom. The number of para-hydroxylation sites is 4. The second-order valence-electron chi connectivity index (χ2n) is 19.3. The van der Waals surface area contributed by atoms with Crippen LogP contribution < -0.4 is 0 Å². The molecule has 0 bridgehead atoms. The molecule has 3 aromatic heterocycles. The highest BCUT2D eigenvalue weighted by molar-refractivity contribution is 6.13. The Balaban J connectivity index is 0.768. The standard InChI is InChI=1S/C70H45N3/c1-2-12-53-43-58(40-33-46(53)11-1)73-69-41-34-54(51-25-21-47(22-26-51)49-29-36-56(37-30-49)71-65-17-7-3-13-59(65)60-14-4-8-18-66(60)71)44-63(69)64-45-55(35-42-70(64)73)52-27-23-48(24-28-52)50-31-38-57(39-32-50)72-67-19-9-5-15-61(67)62-16-6-10-20-68(62)72/h1-45H. The molecule has 340 valence electrons. The molecular formula is C70H45N3. The number of benzene rings is 12. The summed E-state index contributed by atoms with van der Waals surface area (Å²) in [6.07, 6.45) is 0. The van der Waals surface area contributed by atoms with Gasteiger partial charge in [-0.25, -0.2) is 0 Å².